The van der Waals surface area contributed by atoms with E-state index in [2.05, 4.69) is 0 Å². The average Bonchev–Trinajstić information content (AvgIpc) is 2.26. The van der Waals surface area contributed by atoms with Crippen LogP contribution in [0.1, 0.15) is 37.9 Å². The van der Waals surface area contributed by atoms with Crippen molar-refractivity contribution in [3.05, 3.63) is 35.4 Å². The number of benzene rings is 1. The molecule has 18 heavy (non-hydrogen) atoms. The Morgan fingerprint density at radius 1 is 1.39 bits per heavy atom. The van der Waals surface area contributed by atoms with E-state index in [0.29, 0.717) is 13.1 Å². The van der Waals surface area contributed by atoms with Crippen LogP contribution in [-0.2, 0) is 11.3 Å². The number of amides is 1. The van der Waals surface area contributed by atoms with E-state index in [1.807, 2.05) is 45.0 Å². The second-order valence-corrected chi connectivity index (χ2v) is 5.67. The molecule has 0 aliphatic carbocycles. The first-order valence-corrected chi connectivity index (χ1v) is 6.18. The number of hydrogen-bond acceptors (Lipinski definition) is 3. The van der Waals surface area contributed by atoms with E-state index in [9.17, 15) is 4.79 Å². The first-order valence-electron chi connectivity index (χ1n) is 6.18. The van der Waals surface area contributed by atoms with Crippen LogP contribution in [0.2, 0.25) is 0 Å². The number of fused-ring (bicyclic) bond motifs is 1. The maximum absolute atomic E-state index is 12.0. The summed E-state index contributed by atoms with van der Waals surface area (Å²) in [7, 11) is 0. The maximum Gasteiger partial charge on any atom is 0.410 e. The first-order chi connectivity index (χ1) is 8.37. The van der Waals surface area contributed by atoms with Crippen LogP contribution >= 0.6 is 0 Å². The van der Waals surface area contributed by atoms with E-state index in [1.165, 1.54) is 0 Å². The highest BCUT2D eigenvalue weighted by atomic mass is 16.6. The molecular formula is C14H20N2O2. The molecule has 0 fully saturated rings. The van der Waals surface area contributed by atoms with E-state index in [1.54, 1.807) is 4.90 Å². The van der Waals surface area contributed by atoms with Crippen molar-refractivity contribution in [3.8, 4) is 0 Å². The monoisotopic (exact) mass is 248 g/mol. The molecule has 0 spiro atoms. The Morgan fingerprint density at radius 2 is 2.06 bits per heavy atom. The molecule has 0 saturated heterocycles. The molecule has 1 aromatic rings. The third kappa shape index (κ3) is 2.82. The van der Waals surface area contributed by atoms with Crippen molar-refractivity contribution in [3.63, 3.8) is 0 Å². The third-order valence-electron chi connectivity index (χ3n) is 2.88. The van der Waals surface area contributed by atoms with Gasteiger partial charge < -0.3 is 15.4 Å². The van der Waals surface area contributed by atoms with Gasteiger partial charge in [-0.25, -0.2) is 4.79 Å². The highest BCUT2D eigenvalue weighted by Gasteiger charge is 2.28. The minimum absolute atomic E-state index is 0.137. The van der Waals surface area contributed by atoms with E-state index < -0.39 is 5.60 Å². The van der Waals surface area contributed by atoms with E-state index in [-0.39, 0.29) is 12.1 Å². The van der Waals surface area contributed by atoms with Gasteiger partial charge in [-0.05, 0) is 31.9 Å². The minimum Gasteiger partial charge on any atom is -0.444 e. The Bertz CT molecular complexity index is 451. The van der Waals surface area contributed by atoms with Gasteiger partial charge in [0.15, 0.2) is 0 Å². The normalized spacial score (nSPS) is 19.3. The molecule has 4 heteroatoms. The van der Waals surface area contributed by atoms with Crippen LogP contribution in [-0.4, -0.2) is 23.1 Å². The number of nitrogens with two attached hydrogens (primary N) is 1. The lowest BCUT2D eigenvalue weighted by molar-refractivity contribution is 0.0206. The highest BCUT2D eigenvalue weighted by molar-refractivity contribution is 5.68. The summed E-state index contributed by atoms with van der Waals surface area (Å²) in [6.07, 6.45) is -0.299. The van der Waals surface area contributed by atoms with Gasteiger partial charge in [0.25, 0.3) is 0 Å². The quantitative estimate of drug-likeness (QED) is 0.767. The van der Waals surface area contributed by atoms with Gasteiger partial charge in [0.1, 0.15) is 5.60 Å². The van der Waals surface area contributed by atoms with Crippen molar-refractivity contribution in [1.82, 2.24) is 4.90 Å². The number of carbonyl (C=O) groups is 1. The molecule has 98 valence electrons. The van der Waals surface area contributed by atoms with Gasteiger partial charge in [-0.3, -0.25) is 0 Å². The molecule has 2 rings (SSSR count). The molecule has 0 unspecified atom stereocenters. The average molecular weight is 248 g/mol. The number of rotatable bonds is 0. The van der Waals surface area contributed by atoms with Gasteiger partial charge >= 0.3 is 6.09 Å². The predicted molar refractivity (Wildman–Crippen MR) is 70.0 cm³/mol. The fraction of sp³-hybridized carbons (Fsp3) is 0.500. The molecule has 1 aliphatic rings. The summed E-state index contributed by atoms with van der Waals surface area (Å²) in [6.45, 7) is 6.67. The Morgan fingerprint density at radius 3 is 2.72 bits per heavy atom. The van der Waals surface area contributed by atoms with Gasteiger partial charge in [-0.15, -0.1) is 0 Å². The van der Waals surface area contributed by atoms with Gasteiger partial charge in [0, 0.05) is 19.1 Å². The molecule has 1 heterocycles. The molecule has 2 N–H and O–H groups in total. The van der Waals surface area contributed by atoms with Crippen LogP contribution in [0.15, 0.2) is 24.3 Å². The summed E-state index contributed by atoms with van der Waals surface area (Å²) >= 11 is 0. The summed E-state index contributed by atoms with van der Waals surface area (Å²) in [5.74, 6) is 0. The lowest BCUT2D eigenvalue weighted by Gasteiger charge is -2.34. The van der Waals surface area contributed by atoms with E-state index in [0.717, 1.165) is 11.1 Å². The van der Waals surface area contributed by atoms with Crippen LogP contribution < -0.4 is 5.73 Å². The number of ether oxygens (including phenoxy) is 1. The van der Waals surface area contributed by atoms with Gasteiger partial charge in [-0.2, -0.15) is 0 Å². The number of nitrogens with zero attached hydrogens (tertiary/aromatic N) is 1. The predicted octanol–water partition coefficient (Wildman–Crippen LogP) is 2.44. The zero-order chi connectivity index (χ0) is 13.3. The zero-order valence-electron chi connectivity index (χ0n) is 11.1. The number of carbonyl (C=O) groups excluding carboxylic acids is 1. The first kappa shape index (κ1) is 12.9. The summed E-state index contributed by atoms with van der Waals surface area (Å²) in [6, 6.07) is 7.83. The molecule has 0 aromatic heterocycles. The molecule has 1 aliphatic heterocycles. The molecular weight excluding hydrogens is 228 g/mol. The van der Waals surface area contributed by atoms with Crippen LogP contribution in [0.4, 0.5) is 4.79 Å². The molecule has 0 bridgehead atoms. The van der Waals surface area contributed by atoms with Crippen molar-refractivity contribution in [1.29, 1.82) is 0 Å². The molecule has 1 atom stereocenters. The standard InChI is InChI=1S/C14H20N2O2/c1-14(2,3)18-13(17)16-8-10-6-4-5-7-11(10)12(15)9-16/h4-7,12H,8-9,15H2,1-3H3/t12-/m1/s1. The fourth-order valence-corrected chi connectivity index (χ4v) is 2.11. The van der Waals surface area contributed by atoms with Crippen molar-refractivity contribution in [2.45, 2.75) is 39.0 Å². The largest absolute Gasteiger partial charge is 0.444 e. The van der Waals surface area contributed by atoms with Crippen LogP contribution in [0.5, 0.6) is 0 Å². The smallest absolute Gasteiger partial charge is 0.410 e. The molecule has 0 radical (unpaired) electrons. The van der Waals surface area contributed by atoms with Gasteiger partial charge in [-0.1, -0.05) is 24.3 Å². The van der Waals surface area contributed by atoms with Crippen LogP contribution in [0, 0.1) is 0 Å². The summed E-state index contributed by atoms with van der Waals surface area (Å²) < 4.78 is 5.37. The Labute approximate surface area is 108 Å². The minimum atomic E-state index is -0.474. The second-order valence-electron chi connectivity index (χ2n) is 5.67. The summed E-state index contributed by atoms with van der Waals surface area (Å²) in [5, 5.41) is 0. The summed E-state index contributed by atoms with van der Waals surface area (Å²) in [5.41, 5.74) is 7.84. The molecule has 4 nitrogen and oxygen atoms in total. The molecule has 1 amide bonds. The molecule has 0 saturated carbocycles. The topological polar surface area (TPSA) is 55.6 Å². The van der Waals surface area contributed by atoms with Crippen LogP contribution in [0.3, 0.4) is 0 Å². The lowest BCUT2D eigenvalue weighted by Crippen LogP contribution is -2.43. The van der Waals surface area contributed by atoms with Crippen molar-refractivity contribution >= 4 is 6.09 Å². The van der Waals surface area contributed by atoms with Gasteiger partial charge in [0.05, 0.1) is 0 Å². The molecule has 1 aromatic carbocycles. The SMILES string of the molecule is CC(C)(C)OC(=O)N1Cc2ccccc2[C@H](N)C1. The van der Waals surface area contributed by atoms with Crippen molar-refractivity contribution in [2.24, 2.45) is 5.73 Å². The maximum atomic E-state index is 12.0. The Balaban J connectivity index is 2.13. The third-order valence-corrected chi connectivity index (χ3v) is 2.88. The van der Waals surface area contributed by atoms with E-state index >= 15 is 0 Å². The highest BCUT2D eigenvalue weighted by Crippen LogP contribution is 2.25. The Hall–Kier alpha value is -1.55. The van der Waals surface area contributed by atoms with Gasteiger partial charge in [0.2, 0.25) is 0 Å². The van der Waals surface area contributed by atoms with E-state index in [4.69, 9.17) is 10.5 Å². The van der Waals surface area contributed by atoms with Crippen LogP contribution in [0.25, 0.3) is 0 Å². The lowest BCUT2D eigenvalue weighted by atomic mass is 9.96. The summed E-state index contributed by atoms with van der Waals surface area (Å²) in [4.78, 5) is 13.7. The fourth-order valence-electron chi connectivity index (χ4n) is 2.11. The second kappa shape index (κ2) is 4.61. The number of hydrogen-bond donors (Lipinski definition) is 1. The van der Waals surface area contributed by atoms with Crippen molar-refractivity contribution < 1.29 is 9.53 Å². The Kier molecular flexibility index (Phi) is 3.30. The zero-order valence-corrected chi connectivity index (χ0v) is 11.1. The van der Waals surface area contributed by atoms with Crippen molar-refractivity contribution in [2.75, 3.05) is 6.54 Å².